The van der Waals surface area contributed by atoms with Gasteiger partial charge in [-0.1, -0.05) is 79.2 Å². The van der Waals surface area contributed by atoms with Crippen LogP contribution in [-0.2, 0) is 22.6 Å². The Morgan fingerprint density at radius 2 is 1.69 bits per heavy atom. The van der Waals surface area contributed by atoms with Crippen molar-refractivity contribution >= 4 is 23.4 Å². The van der Waals surface area contributed by atoms with Crippen LogP contribution in [0.1, 0.15) is 42.5 Å². The lowest BCUT2D eigenvalue weighted by molar-refractivity contribution is -0.143. The predicted octanol–water partition coefficient (Wildman–Crippen LogP) is 5.89. The number of benzene rings is 3. The summed E-state index contributed by atoms with van der Waals surface area (Å²) in [5, 5.41) is 3.62. The van der Waals surface area contributed by atoms with Gasteiger partial charge in [-0.05, 0) is 61.6 Å². The van der Waals surface area contributed by atoms with Crippen molar-refractivity contribution in [1.29, 1.82) is 0 Å². The molecule has 0 saturated carbocycles. The van der Waals surface area contributed by atoms with E-state index in [9.17, 15) is 9.59 Å². The van der Waals surface area contributed by atoms with Gasteiger partial charge in [0.2, 0.25) is 5.91 Å². The minimum atomic E-state index is -0.729. The molecule has 0 aliphatic rings. The minimum absolute atomic E-state index is 0.0146. The first-order chi connectivity index (χ1) is 17.3. The molecule has 0 unspecified atom stereocenters. The summed E-state index contributed by atoms with van der Waals surface area (Å²) in [7, 11) is 0. The average molecular weight is 507 g/mol. The SMILES string of the molecule is CC[C@H](C)NC(=O)[C@H](Cc1ccccc1)N(Cc1ccccc1Cl)C(=O)COc1cc(C)ccc1C. The topological polar surface area (TPSA) is 58.6 Å². The summed E-state index contributed by atoms with van der Waals surface area (Å²) in [5.41, 5.74) is 3.73. The average Bonchev–Trinajstić information content (AvgIpc) is 2.87. The standard InChI is InChI=1S/C30H35ClN2O3/c1-5-23(4)32-30(35)27(18-24-11-7-6-8-12-24)33(19-25-13-9-10-14-26(25)31)29(34)20-36-28-17-21(2)15-16-22(28)3/h6-17,23,27H,5,18-20H2,1-4H3,(H,32,35)/t23-,27-/m0/s1. The molecule has 6 heteroatoms. The van der Waals surface area contributed by atoms with Crippen LogP contribution in [0, 0.1) is 13.8 Å². The number of rotatable bonds is 11. The van der Waals surface area contributed by atoms with Crippen molar-refractivity contribution < 1.29 is 14.3 Å². The Labute approximate surface area is 219 Å². The fourth-order valence-electron chi connectivity index (χ4n) is 3.89. The van der Waals surface area contributed by atoms with Gasteiger partial charge in [0.15, 0.2) is 6.61 Å². The van der Waals surface area contributed by atoms with Crippen LogP contribution < -0.4 is 10.1 Å². The Kier molecular flexibility index (Phi) is 9.95. The van der Waals surface area contributed by atoms with E-state index in [4.69, 9.17) is 16.3 Å². The molecule has 2 atom stereocenters. The number of nitrogens with one attached hydrogen (secondary N) is 1. The molecule has 0 radical (unpaired) electrons. The molecule has 0 bridgehead atoms. The maximum absolute atomic E-state index is 13.7. The summed E-state index contributed by atoms with van der Waals surface area (Å²) < 4.78 is 5.95. The zero-order valence-electron chi connectivity index (χ0n) is 21.5. The van der Waals surface area contributed by atoms with Crippen LogP contribution in [0.2, 0.25) is 5.02 Å². The zero-order valence-corrected chi connectivity index (χ0v) is 22.2. The first kappa shape index (κ1) is 27.3. The molecular formula is C30H35ClN2O3. The third-order valence-corrected chi connectivity index (χ3v) is 6.63. The normalized spacial score (nSPS) is 12.5. The second kappa shape index (κ2) is 13.1. The molecule has 0 heterocycles. The summed E-state index contributed by atoms with van der Waals surface area (Å²) in [6, 6.07) is 22.3. The number of amides is 2. The van der Waals surface area contributed by atoms with Gasteiger partial charge < -0.3 is 15.0 Å². The first-order valence-electron chi connectivity index (χ1n) is 12.4. The number of hydrogen-bond donors (Lipinski definition) is 1. The van der Waals surface area contributed by atoms with E-state index in [0.29, 0.717) is 17.2 Å². The highest BCUT2D eigenvalue weighted by Crippen LogP contribution is 2.22. The molecule has 0 fully saturated rings. The fourth-order valence-corrected chi connectivity index (χ4v) is 4.09. The van der Waals surface area contributed by atoms with E-state index >= 15 is 0 Å². The number of carbonyl (C=O) groups is 2. The third-order valence-electron chi connectivity index (χ3n) is 6.27. The Morgan fingerprint density at radius 3 is 2.39 bits per heavy atom. The molecule has 36 heavy (non-hydrogen) atoms. The number of ether oxygens (including phenoxy) is 1. The molecule has 0 saturated heterocycles. The first-order valence-corrected chi connectivity index (χ1v) is 12.7. The lowest BCUT2D eigenvalue weighted by atomic mass is 10.0. The zero-order chi connectivity index (χ0) is 26.1. The molecule has 0 aliphatic heterocycles. The van der Waals surface area contributed by atoms with Gasteiger partial charge in [-0.3, -0.25) is 9.59 Å². The maximum atomic E-state index is 13.7. The van der Waals surface area contributed by atoms with Crippen molar-refractivity contribution in [2.24, 2.45) is 0 Å². The number of aryl methyl sites for hydroxylation is 2. The van der Waals surface area contributed by atoms with Crippen molar-refractivity contribution in [3.8, 4) is 5.75 Å². The van der Waals surface area contributed by atoms with Gasteiger partial charge in [0.25, 0.3) is 5.91 Å². The van der Waals surface area contributed by atoms with Crippen LogP contribution in [0.25, 0.3) is 0 Å². The van der Waals surface area contributed by atoms with Crippen molar-refractivity contribution in [1.82, 2.24) is 10.2 Å². The van der Waals surface area contributed by atoms with Gasteiger partial charge in [-0.25, -0.2) is 0 Å². The molecule has 2 amide bonds. The quantitative estimate of drug-likeness (QED) is 0.352. The number of halogens is 1. The molecule has 1 N–H and O–H groups in total. The summed E-state index contributed by atoms with van der Waals surface area (Å²) >= 11 is 6.47. The van der Waals surface area contributed by atoms with Gasteiger partial charge in [0.05, 0.1) is 0 Å². The fraction of sp³-hybridized carbons (Fsp3) is 0.333. The largest absolute Gasteiger partial charge is 0.483 e. The van der Waals surface area contributed by atoms with Gasteiger partial charge in [0.1, 0.15) is 11.8 Å². The monoisotopic (exact) mass is 506 g/mol. The van der Waals surface area contributed by atoms with Crippen molar-refractivity contribution in [2.45, 2.75) is 59.2 Å². The van der Waals surface area contributed by atoms with E-state index in [-0.39, 0.29) is 31.0 Å². The molecule has 5 nitrogen and oxygen atoms in total. The Bertz CT molecular complexity index is 1170. The van der Waals surface area contributed by atoms with Crippen LogP contribution >= 0.6 is 11.6 Å². The second-order valence-corrected chi connectivity index (χ2v) is 9.60. The molecule has 0 spiro atoms. The van der Waals surface area contributed by atoms with Crippen molar-refractivity contribution in [3.05, 3.63) is 100 Å². The van der Waals surface area contributed by atoms with E-state index in [1.807, 2.05) is 94.4 Å². The Morgan fingerprint density at radius 1 is 1.00 bits per heavy atom. The molecule has 190 valence electrons. The van der Waals surface area contributed by atoms with E-state index < -0.39 is 6.04 Å². The smallest absolute Gasteiger partial charge is 0.261 e. The highest BCUT2D eigenvalue weighted by Gasteiger charge is 2.31. The molecule has 3 aromatic carbocycles. The van der Waals surface area contributed by atoms with Crippen LogP contribution in [0.5, 0.6) is 5.75 Å². The summed E-state index contributed by atoms with van der Waals surface area (Å²) in [5.74, 6) is 0.182. The highest BCUT2D eigenvalue weighted by molar-refractivity contribution is 6.31. The maximum Gasteiger partial charge on any atom is 0.261 e. The van der Waals surface area contributed by atoms with Crippen LogP contribution in [0.3, 0.4) is 0 Å². The summed E-state index contributed by atoms with van der Waals surface area (Å²) in [4.78, 5) is 28.8. The summed E-state index contributed by atoms with van der Waals surface area (Å²) in [6.07, 6.45) is 1.17. The van der Waals surface area contributed by atoms with Crippen molar-refractivity contribution in [3.63, 3.8) is 0 Å². The van der Waals surface area contributed by atoms with Gasteiger partial charge in [-0.2, -0.15) is 0 Å². The predicted molar refractivity (Wildman–Crippen MR) is 145 cm³/mol. The van der Waals surface area contributed by atoms with Gasteiger partial charge >= 0.3 is 0 Å². The number of carbonyl (C=O) groups excluding carboxylic acids is 2. The van der Waals surface area contributed by atoms with Crippen LogP contribution in [0.4, 0.5) is 0 Å². The minimum Gasteiger partial charge on any atom is -0.483 e. The van der Waals surface area contributed by atoms with E-state index in [1.165, 1.54) is 0 Å². The molecular weight excluding hydrogens is 472 g/mol. The number of nitrogens with zero attached hydrogens (tertiary/aromatic N) is 1. The lowest BCUT2D eigenvalue weighted by Crippen LogP contribution is -2.53. The van der Waals surface area contributed by atoms with E-state index in [0.717, 1.165) is 28.7 Å². The molecule has 0 aliphatic carbocycles. The van der Waals surface area contributed by atoms with Crippen LogP contribution in [-0.4, -0.2) is 35.4 Å². The molecule has 3 rings (SSSR count). The highest BCUT2D eigenvalue weighted by atomic mass is 35.5. The van der Waals surface area contributed by atoms with Gasteiger partial charge in [0, 0.05) is 24.0 Å². The van der Waals surface area contributed by atoms with E-state index in [2.05, 4.69) is 5.32 Å². The Hall–Kier alpha value is -3.31. The third kappa shape index (κ3) is 7.59. The van der Waals surface area contributed by atoms with Crippen molar-refractivity contribution in [2.75, 3.05) is 6.61 Å². The summed E-state index contributed by atoms with van der Waals surface area (Å²) in [6.45, 7) is 7.91. The lowest BCUT2D eigenvalue weighted by Gasteiger charge is -2.32. The van der Waals surface area contributed by atoms with Crippen LogP contribution in [0.15, 0.2) is 72.8 Å². The van der Waals surface area contributed by atoms with Gasteiger partial charge in [-0.15, -0.1) is 0 Å². The number of hydrogen-bond acceptors (Lipinski definition) is 3. The molecule has 3 aromatic rings. The molecule has 0 aromatic heterocycles. The van der Waals surface area contributed by atoms with E-state index in [1.54, 1.807) is 11.0 Å². The second-order valence-electron chi connectivity index (χ2n) is 9.19. The Balaban J connectivity index is 1.94.